The van der Waals surface area contributed by atoms with Gasteiger partial charge in [-0.1, -0.05) is 35.0 Å². The molecule has 9 nitrogen and oxygen atoms in total. The summed E-state index contributed by atoms with van der Waals surface area (Å²) in [5.41, 5.74) is 0.0129. The van der Waals surface area contributed by atoms with Crippen LogP contribution in [0, 0.1) is 10.1 Å². The number of hydrogen-bond donors (Lipinski definition) is 1. The number of thioether (sulfide) groups is 1. The highest BCUT2D eigenvalue weighted by atomic mass is 35.5. The van der Waals surface area contributed by atoms with Crippen molar-refractivity contribution < 1.29 is 14.5 Å². The highest BCUT2D eigenvalue weighted by molar-refractivity contribution is 7.99. The number of nitrogens with one attached hydrogen (secondary N) is 1. The lowest BCUT2D eigenvalue weighted by Crippen LogP contribution is -2.15. The predicted molar refractivity (Wildman–Crippen MR) is 119 cm³/mol. The number of aromatic nitrogens is 3. The van der Waals surface area contributed by atoms with Gasteiger partial charge in [0.1, 0.15) is 12.4 Å². The van der Waals surface area contributed by atoms with Gasteiger partial charge in [-0.2, -0.15) is 0 Å². The van der Waals surface area contributed by atoms with E-state index in [1.165, 1.54) is 30.0 Å². The first-order chi connectivity index (χ1) is 14.9. The highest BCUT2D eigenvalue weighted by Crippen LogP contribution is 2.27. The van der Waals surface area contributed by atoms with E-state index in [2.05, 4.69) is 15.5 Å². The minimum Gasteiger partial charge on any atom is -0.486 e. The van der Waals surface area contributed by atoms with Gasteiger partial charge in [0, 0.05) is 23.7 Å². The molecule has 0 aliphatic carbocycles. The zero-order valence-electron chi connectivity index (χ0n) is 16.2. The summed E-state index contributed by atoms with van der Waals surface area (Å²) in [4.78, 5) is 22.7. The Morgan fingerprint density at radius 1 is 1.23 bits per heavy atom. The van der Waals surface area contributed by atoms with Gasteiger partial charge in [-0.25, -0.2) is 0 Å². The summed E-state index contributed by atoms with van der Waals surface area (Å²) in [5, 5.41) is 23.1. The molecule has 12 heteroatoms. The number of hydrogen-bond acceptors (Lipinski definition) is 7. The number of anilines is 1. The Labute approximate surface area is 191 Å². The first kappa shape index (κ1) is 22.9. The van der Waals surface area contributed by atoms with Crippen molar-refractivity contribution in [1.82, 2.24) is 14.8 Å². The Morgan fingerprint density at radius 3 is 2.65 bits per heavy atom. The minimum absolute atomic E-state index is 0.0230. The number of carbonyl (C=O) groups excluding carboxylic acids is 1. The molecule has 3 rings (SSSR count). The fraction of sp³-hybridized carbons (Fsp3) is 0.211. The van der Waals surface area contributed by atoms with Crippen molar-refractivity contribution in [2.75, 3.05) is 11.1 Å². The fourth-order valence-corrected chi connectivity index (χ4v) is 3.68. The maximum atomic E-state index is 12.3. The summed E-state index contributed by atoms with van der Waals surface area (Å²) >= 11 is 13.1. The Kier molecular flexibility index (Phi) is 7.72. The third-order valence-corrected chi connectivity index (χ3v) is 5.61. The van der Waals surface area contributed by atoms with E-state index in [0.717, 1.165) is 0 Å². The second kappa shape index (κ2) is 10.5. The van der Waals surface area contributed by atoms with Crippen LogP contribution in [0.5, 0.6) is 5.75 Å². The minimum atomic E-state index is -0.557. The smallest absolute Gasteiger partial charge is 0.271 e. The van der Waals surface area contributed by atoms with Crippen molar-refractivity contribution >= 4 is 52.2 Å². The van der Waals surface area contributed by atoms with Crippen LogP contribution in [0.1, 0.15) is 12.7 Å². The zero-order valence-corrected chi connectivity index (χ0v) is 18.6. The topological polar surface area (TPSA) is 112 Å². The number of nitro groups is 1. The Morgan fingerprint density at radius 2 is 1.97 bits per heavy atom. The molecule has 0 atom stereocenters. The van der Waals surface area contributed by atoms with Crippen molar-refractivity contribution in [3.63, 3.8) is 0 Å². The standard InChI is InChI=1S/C19H17Cl2N5O4S/c1-2-25-17(10-30-14-6-3-12(20)4-7-14)23-24-19(25)31-11-18(27)22-16-9-13(26(28)29)5-8-15(16)21/h3-9H,2,10-11H2,1H3,(H,22,27). The van der Waals surface area contributed by atoms with E-state index in [1.54, 1.807) is 24.3 Å². The number of nitrogens with zero attached hydrogens (tertiary/aromatic N) is 4. The molecule has 0 unspecified atom stereocenters. The van der Waals surface area contributed by atoms with Crippen LogP contribution in [0.2, 0.25) is 10.0 Å². The molecule has 1 heterocycles. The molecule has 0 radical (unpaired) electrons. The molecule has 0 aliphatic heterocycles. The molecule has 1 N–H and O–H groups in total. The molecular formula is C19H17Cl2N5O4S. The van der Waals surface area contributed by atoms with Gasteiger partial charge in [0.05, 0.1) is 21.4 Å². The molecule has 0 aliphatic rings. The molecule has 162 valence electrons. The SMILES string of the molecule is CCn1c(COc2ccc(Cl)cc2)nnc1SCC(=O)Nc1cc([N+](=O)[O-])ccc1Cl. The maximum absolute atomic E-state index is 12.3. The summed E-state index contributed by atoms with van der Waals surface area (Å²) in [6.07, 6.45) is 0. The number of ether oxygens (including phenoxy) is 1. The summed E-state index contributed by atoms with van der Waals surface area (Å²) < 4.78 is 7.55. The molecule has 3 aromatic rings. The number of nitro benzene ring substituents is 1. The molecule has 1 amide bonds. The quantitative estimate of drug-likeness (QED) is 0.264. The van der Waals surface area contributed by atoms with Gasteiger partial charge in [-0.3, -0.25) is 14.9 Å². The van der Waals surface area contributed by atoms with Crippen LogP contribution in [0.3, 0.4) is 0 Å². The highest BCUT2D eigenvalue weighted by Gasteiger charge is 2.16. The summed E-state index contributed by atoms with van der Waals surface area (Å²) in [6, 6.07) is 10.8. The Balaban J connectivity index is 1.60. The van der Waals surface area contributed by atoms with E-state index >= 15 is 0 Å². The number of carbonyl (C=O) groups is 1. The first-order valence-electron chi connectivity index (χ1n) is 9.04. The lowest BCUT2D eigenvalue weighted by Gasteiger charge is -2.09. The van der Waals surface area contributed by atoms with Crippen LogP contribution >= 0.6 is 35.0 Å². The van der Waals surface area contributed by atoms with Crippen LogP contribution in [0.4, 0.5) is 11.4 Å². The fourth-order valence-electron chi connectivity index (χ4n) is 2.57. The number of halogens is 2. The molecule has 0 saturated carbocycles. The van der Waals surface area contributed by atoms with Gasteiger partial charge in [0.25, 0.3) is 5.69 Å². The normalized spacial score (nSPS) is 10.7. The van der Waals surface area contributed by atoms with Gasteiger partial charge in [-0.05, 0) is 37.3 Å². The van der Waals surface area contributed by atoms with Crippen LogP contribution in [0.15, 0.2) is 47.6 Å². The average molecular weight is 482 g/mol. The second-order valence-electron chi connectivity index (χ2n) is 6.14. The van der Waals surface area contributed by atoms with Crippen molar-refractivity contribution in [2.24, 2.45) is 0 Å². The molecule has 1 aromatic heterocycles. The van der Waals surface area contributed by atoms with E-state index < -0.39 is 4.92 Å². The van der Waals surface area contributed by atoms with E-state index in [1.807, 2.05) is 11.5 Å². The lowest BCUT2D eigenvalue weighted by atomic mass is 10.3. The summed E-state index contributed by atoms with van der Waals surface area (Å²) in [6.45, 7) is 2.73. The van der Waals surface area contributed by atoms with Crippen molar-refractivity contribution in [3.05, 3.63) is 68.4 Å². The third kappa shape index (κ3) is 6.09. The van der Waals surface area contributed by atoms with Gasteiger partial charge < -0.3 is 14.6 Å². The van der Waals surface area contributed by atoms with Gasteiger partial charge in [0.15, 0.2) is 11.0 Å². The zero-order chi connectivity index (χ0) is 22.4. The summed E-state index contributed by atoms with van der Waals surface area (Å²) in [5.74, 6) is 0.909. The van der Waals surface area contributed by atoms with E-state index in [0.29, 0.717) is 28.3 Å². The molecule has 0 saturated heterocycles. The van der Waals surface area contributed by atoms with E-state index in [4.69, 9.17) is 27.9 Å². The first-order valence-corrected chi connectivity index (χ1v) is 10.8. The number of non-ortho nitro benzene ring substituents is 1. The monoisotopic (exact) mass is 481 g/mol. The Bertz CT molecular complexity index is 1090. The van der Waals surface area contributed by atoms with Gasteiger partial charge >= 0.3 is 0 Å². The van der Waals surface area contributed by atoms with Crippen LogP contribution < -0.4 is 10.1 Å². The number of rotatable bonds is 9. The molecule has 2 aromatic carbocycles. The molecule has 0 bridgehead atoms. The molecular weight excluding hydrogens is 465 g/mol. The van der Waals surface area contributed by atoms with Crippen LogP contribution in [-0.4, -0.2) is 31.3 Å². The van der Waals surface area contributed by atoms with Gasteiger partial charge in [0.2, 0.25) is 5.91 Å². The van der Waals surface area contributed by atoms with Crippen LogP contribution in [-0.2, 0) is 17.9 Å². The van der Waals surface area contributed by atoms with Crippen LogP contribution in [0.25, 0.3) is 0 Å². The average Bonchev–Trinajstić information content (AvgIpc) is 3.15. The molecule has 0 fully saturated rings. The molecule has 0 spiro atoms. The molecule has 31 heavy (non-hydrogen) atoms. The summed E-state index contributed by atoms with van der Waals surface area (Å²) in [7, 11) is 0. The maximum Gasteiger partial charge on any atom is 0.271 e. The Hall–Kier alpha value is -2.82. The lowest BCUT2D eigenvalue weighted by molar-refractivity contribution is -0.384. The van der Waals surface area contributed by atoms with Gasteiger partial charge in [-0.15, -0.1) is 10.2 Å². The predicted octanol–water partition coefficient (Wildman–Crippen LogP) is 4.82. The second-order valence-corrected chi connectivity index (χ2v) is 7.93. The van der Waals surface area contributed by atoms with E-state index in [9.17, 15) is 14.9 Å². The van der Waals surface area contributed by atoms with Crippen molar-refractivity contribution in [2.45, 2.75) is 25.2 Å². The third-order valence-electron chi connectivity index (χ3n) is 4.06. The van der Waals surface area contributed by atoms with E-state index in [-0.39, 0.29) is 34.7 Å². The number of benzene rings is 2. The van der Waals surface area contributed by atoms with Crippen molar-refractivity contribution in [3.8, 4) is 5.75 Å². The number of amides is 1. The largest absolute Gasteiger partial charge is 0.486 e. The van der Waals surface area contributed by atoms with Crippen molar-refractivity contribution in [1.29, 1.82) is 0 Å².